The number of hydrogen-bond acceptors (Lipinski definition) is 5. The van der Waals surface area contributed by atoms with Crippen LogP contribution in [-0.2, 0) is 0 Å². The van der Waals surface area contributed by atoms with Crippen LogP contribution in [0.15, 0.2) is 30.3 Å². The number of rotatable bonds is 3. The molecule has 0 atom stereocenters. The third kappa shape index (κ3) is 2.83. The molecule has 0 aliphatic carbocycles. The van der Waals surface area contributed by atoms with Crippen molar-refractivity contribution in [3.63, 3.8) is 0 Å². The normalized spacial score (nSPS) is 10.1. The number of halogens is 1. The molecule has 0 saturated carbocycles. The molecule has 88 valence electrons. The number of nitrogen functional groups attached to an aromatic ring is 1. The molecule has 0 radical (unpaired) electrons. The zero-order valence-corrected chi connectivity index (χ0v) is 9.90. The highest BCUT2D eigenvalue weighted by Gasteiger charge is 2.05. The van der Waals surface area contributed by atoms with Gasteiger partial charge in [-0.05, 0) is 19.1 Å². The molecule has 1 heterocycles. The Bertz CT molecular complexity index is 533. The van der Waals surface area contributed by atoms with Gasteiger partial charge in [-0.1, -0.05) is 23.7 Å². The van der Waals surface area contributed by atoms with E-state index in [0.717, 1.165) is 0 Å². The fraction of sp³-hybridized carbons (Fsp3) is 0.0909. The molecule has 1 aromatic heterocycles. The van der Waals surface area contributed by atoms with E-state index in [-0.39, 0.29) is 0 Å². The lowest BCUT2D eigenvalue weighted by atomic mass is 10.3. The van der Waals surface area contributed by atoms with E-state index in [1.54, 1.807) is 25.1 Å². The average molecular weight is 251 g/mol. The quantitative estimate of drug-likeness (QED) is 0.647. The highest BCUT2D eigenvalue weighted by atomic mass is 35.5. The molecule has 2 aromatic rings. The summed E-state index contributed by atoms with van der Waals surface area (Å²) in [6.07, 6.45) is 0. The second-order valence-electron chi connectivity index (χ2n) is 3.32. The van der Waals surface area contributed by atoms with E-state index in [4.69, 9.17) is 22.2 Å². The van der Waals surface area contributed by atoms with Crippen molar-refractivity contribution in [1.82, 2.24) is 9.97 Å². The van der Waals surface area contributed by atoms with Crippen LogP contribution in [0.1, 0.15) is 5.82 Å². The largest absolute Gasteiger partial charge is 0.437 e. The third-order valence-electron chi connectivity index (χ3n) is 2.01. The SMILES string of the molecule is Cc1nc(NN)cc(Oc2ccccc2Cl)n1. The van der Waals surface area contributed by atoms with E-state index in [1.807, 2.05) is 12.1 Å². The summed E-state index contributed by atoms with van der Waals surface area (Å²) in [5.41, 5.74) is 2.44. The van der Waals surface area contributed by atoms with Crippen LogP contribution in [0, 0.1) is 6.92 Å². The Labute approximate surface area is 104 Å². The Balaban J connectivity index is 2.30. The minimum absolute atomic E-state index is 0.388. The lowest BCUT2D eigenvalue weighted by Crippen LogP contribution is -2.09. The summed E-state index contributed by atoms with van der Waals surface area (Å²) in [5.74, 6) is 7.26. The molecule has 6 heteroatoms. The Kier molecular flexibility index (Phi) is 3.41. The van der Waals surface area contributed by atoms with Crippen molar-refractivity contribution in [2.24, 2.45) is 5.84 Å². The molecule has 0 amide bonds. The second kappa shape index (κ2) is 4.99. The first-order chi connectivity index (χ1) is 8.19. The number of nitrogens with zero attached hydrogens (tertiary/aromatic N) is 2. The molecular weight excluding hydrogens is 240 g/mol. The van der Waals surface area contributed by atoms with Crippen LogP contribution < -0.4 is 16.0 Å². The molecule has 0 spiro atoms. The number of aryl methyl sites for hydroxylation is 1. The van der Waals surface area contributed by atoms with Crippen LogP contribution in [0.2, 0.25) is 5.02 Å². The van der Waals surface area contributed by atoms with Crippen LogP contribution in [0.25, 0.3) is 0 Å². The maximum atomic E-state index is 5.98. The van der Waals surface area contributed by atoms with Crippen LogP contribution >= 0.6 is 11.6 Å². The minimum Gasteiger partial charge on any atom is -0.437 e. The van der Waals surface area contributed by atoms with Crippen LogP contribution in [0.4, 0.5) is 5.82 Å². The molecule has 0 unspecified atom stereocenters. The van der Waals surface area contributed by atoms with Crippen molar-refractivity contribution >= 4 is 17.4 Å². The lowest BCUT2D eigenvalue weighted by molar-refractivity contribution is 0.460. The monoisotopic (exact) mass is 250 g/mol. The molecule has 0 aliphatic heterocycles. The van der Waals surface area contributed by atoms with Crippen molar-refractivity contribution in [2.75, 3.05) is 5.43 Å². The topological polar surface area (TPSA) is 73.1 Å². The molecule has 0 fully saturated rings. The van der Waals surface area contributed by atoms with Gasteiger partial charge in [-0.25, -0.2) is 10.8 Å². The fourth-order valence-corrected chi connectivity index (χ4v) is 1.48. The third-order valence-corrected chi connectivity index (χ3v) is 2.33. The van der Waals surface area contributed by atoms with Crippen LogP contribution in [0.5, 0.6) is 11.6 Å². The van der Waals surface area contributed by atoms with Crippen molar-refractivity contribution in [1.29, 1.82) is 0 Å². The first-order valence-corrected chi connectivity index (χ1v) is 5.31. The van der Waals surface area contributed by atoms with Gasteiger partial charge in [0.05, 0.1) is 5.02 Å². The summed E-state index contributed by atoms with van der Waals surface area (Å²) in [4.78, 5) is 8.19. The van der Waals surface area contributed by atoms with Crippen molar-refractivity contribution < 1.29 is 4.74 Å². The summed E-state index contributed by atoms with van der Waals surface area (Å²) in [6.45, 7) is 1.75. The number of anilines is 1. The van der Waals surface area contributed by atoms with Gasteiger partial charge in [-0.3, -0.25) is 0 Å². The minimum atomic E-state index is 0.388. The molecule has 0 saturated heterocycles. The molecule has 0 aliphatic rings. The highest BCUT2D eigenvalue weighted by molar-refractivity contribution is 6.32. The first-order valence-electron chi connectivity index (χ1n) is 4.94. The summed E-state index contributed by atoms with van der Waals surface area (Å²) in [6, 6.07) is 8.75. The Morgan fingerprint density at radius 2 is 2.06 bits per heavy atom. The van der Waals surface area contributed by atoms with Gasteiger partial charge in [0, 0.05) is 6.07 Å². The van der Waals surface area contributed by atoms with E-state index >= 15 is 0 Å². The highest BCUT2D eigenvalue weighted by Crippen LogP contribution is 2.28. The molecule has 1 aromatic carbocycles. The molecule has 3 N–H and O–H groups in total. The average Bonchev–Trinajstić information content (AvgIpc) is 2.31. The summed E-state index contributed by atoms with van der Waals surface area (Å²) in [5, 5.41) is 0.519. The molecule has 5 nitrogen and oxygen atoms in total. The summed E-state index contributed by atoms with van der Waals surface area (Å²) < 4.78 is 5.55. The first kappa shape index (κ1) is 11.6. The standard InChI is InChI=1S/C11H11ClN4O/c1-7-14-10(16-13)6-11(15-7)17-9-5-3-2-4-8(9)12/h2-6H,13H2,1H3,(H,14,15,16). The number of benzene rings is 1. The van der Waals surface area contributed by atoms with E-state index in [1.165, 1.54) is 0 Å². The number of hydrogen-bond donors (Lipinski definition) is 2. The van der Waals surface area contributed by atoms with E-state index < -0.39 is 0 Å². The predicted octanol–water partition coefficient (Wildman–Crippen LogP) is 2.52. The Hall–Kier alpha value is -1.85. The second-order valence-corrected chi connectivity index (χ2v) is 3.72. The number of para-hydroxylation sites is 1. The van der Waals surface area contributed by atoms with Crippen molar-refractivity contribution in [2.45, 2.75) is 6.92 Å². The Morgan fingerprint density at radius 3 is 2.76 bits per heavy atom. The van der Waals surface area contributed by atoms with Crippen LogP contribution in [-0.4, -0.2) is 9.97 Å². The van der Waals surface area contributed by atoms with Gasteiger partial charge in [-0.2, -0.15) is 4.98 Å². The summed E-state index contributed by atoms with van der Waals surface area (Å²) >= 11 is 5.98. The number of ether oxygens (including phenoxy) is 1. The number of aromatic nitrogens is 2. The molecule has 2 rings (SSSR count). The number of hydrazine groups is 1. The van der Waals surface area contributed by atoms with Crippen LogP contribution in [0.3, 0.4) is 0 Å². The number of nitrogens with two attached hydrogens (primary N) is 1. The van der Waals surface area contributed by atoms with Gasteiger partial charge < -0.3 is 10.2 Å². The Morgan fingerprint density at radius 1 is 1.29 bits per heavy atom. The smallest absolute Gasteiger partial charge is 0.224 e. The maximum Gasteiger partial charge on any atom is 0.224 e. The fourth-order valence-electron chi connectivity index (χ4n) is 1.31. The van der Waals surface area contributed by atoms with E-state index in [0.29, 0.717) is 28.3 Å². The zero-order valence-electron chi connectivity index (χ0n) is 9.14. The van der Waals surface area contributed by atoms with Gasteiger partial charge in [0.2, 0.25) is 5.88 Å². The van der Waals surface area contributed by atoms with Gasteiger partial charge in [0.15, 0.2) is 0 Å². The summed E-state index contributed by atoms with van der Waals surface area (Å²) in [7, 11) is 0. The molecule has 0 bridgehead atoms. The molecule has 17 heavy (non-hydrogen) atoms. The lowest BCUT2D eigenvalue weighted by Gasteiger charge is -2.08. The maximum absolute atomic E-state index is 5.98. The van der Waals surface area contributed by atoms with E-state index in [9.17, 15) is 0 Å². The zero-order chi connectivity index (χ0) is 12.3. The van der Waals surface area contributed by atoms with Gasteiger partial charge in [0.25, 0.3) is 0 Å². The van der Waals surface area contributed by atoms with Gasteiger partial charge in [-0.15, -0.1) is 0 Å². The van der Waals surface area contributed by atoms with E-state index in [2.05, 4.69) is 15.4 Å². The molecular formula is C11H11ClN4O. The van der Waals surface area contributed by atoms with Gasteiger partial charge in [0.1, 0.15) is 17.4 Å². The van der Waals surface area contributed by atoms with Crippen molar-refractivity contribution in [3.05, 3.63) is 41.2 Å². The predicted molar refractivity (Wildman–Crippen MR) is 66.1 cm³/mol. The van der Waals surface area contributed by atoms with Crippen molar-refractivity contribution in [3.8, 4) is 11.6 Å². The number of nitrogens with one attached hydrogen (secondary N) is 1. The van der Waals surface area contributed by atoms with Gasteiger partial charge >= 0.3 is 0 Å².